The van der Waals surface area contributed by atoms with Gasteiger partial charge in [-0.25, -0.2) is 9.97 Å². The van der Waals surface area contributed by atoms with Gasteiger partial charge in [0, 0.05) is 18.9 Å². The summed E-state index contributed by atoms with van der Waals surface area (Å²) in [6.07, 6.45) is 0. The number of nitrogens with zero attached hydrogens (tertiary/aromatic N) is 5. The van der Waals surface area contributed by atoms with Crippen LogP contribution in [0.3, 0.4) is 0 Å². The Balaban J connectivity index is 1.63. The number of hydrogen-bond donors (Lipinski definition) is 1. The first-order valence-electron chi connectivity index (χ1n) is 8.38. The molecule has 0 radical (unpaired) electrons. The van der Waals surface area contributed by atoms with Crippen LogP contribution in [0.2, 0.25) is 0 Å². The van der Waals surface area contributed by atoms with Crippen LogP contribution in [-0.2, 0) is 24.4 Å². The number of carbonyl (C=O) groups is 1. The number of fused-ring (bicyclic) bond motifs is 2. The highest BCUT2D eigenvalue weighted by molar-refractivity contribution is 5.89. The standard InChI is InChI=1S/C18H20N6O/c1-12-20-17-6-4-3-5-16(17)18(21-12)23-7-8-24-15(11-23)9-14(22-24)10-19-13(2)25/h3-6,9H,7-8,10-11H2,1-2H3,(H,19,25). The molecule has 1 N–H and O–H groups in total. The molecule has 0 unspecified atom stereocenters. The van der Waals surface area contributed by atoms with Crippen LogP contribution in [0.4, 0.5) is 5.82 Å². The third kappa shape index (κ3) is 3.05. The van der Waals surface area contributed by atoms with Crippen LogP contribution in [-0.4, -0.2) is 32.2 Å². The monoisotopic (exact) mass is 336 g/mol. The minimum Gasteiger partial charge on any atom is -0.351 e. The van der Waals surface area contributed by atoms with Gasteiger partial charge in [0.2, 0.25) is 5.91 Å². The molecule has 0 fully saturated rings. The van der Waals surface area contributed by atoms with Crippen molar-refractivity contribution in [2.45, 2.75) is 33.5 Å². The quantitative estimate of drug-likeness (QED) is 0.789. The van der Waals surface area contributed by atoms with Gasteiger partial charge in [-0.1, -0.05) is 12.1 Å². The second kappa shape index (κ2) is 6.16. The Morgan fingerprint density at radius 1 is 1.24 bits per heavy atom. The summed E-state index contributed by atoms with van der Waals surface area (Å²) in [4.78, 5) is 22.6. The van der Waals surface area contributed by atoms with Gasteiger partial charge in [0.25, 0.3) is 0 Å². The Morgan fingerprint density at radius 2 is 2.08 bits per heavy atom. The van der Waals surface area contributed by atoms with Crippen molar-refractivity contribution >= 4 is 22.6 Å². The van der Waals surface area contributed by atoms with Crippen LogP contribution in [0, 0.1) is 6.92 Å². The highest BCUT2D eigenvalue weighted by Gasteiger charge is 2.21. The molecule has 1 aromatic carbocycles. The van der Waals surface area contributed by atoms with Crippen LogP contribution >= 0.6 is 0 Å². The molecule has 2 aromatic heterocycles. The fourth-order valence-electron chi connectivity index (χ4n) is 3.22. The fourth-order valence-corrected chi connectivity index (χ4v) is 3.22. The van der Waals surface area contributed by atoms with Crippen LogP contribution < -0.4 is 10.2 Å². The molecule has 0 bridgehead atoms. The van der Waals surface area contributed by atoms with E-state index in [1.54, 1.807) is 0 Å². The first-order chi connectivity index (χ1) is 12.1. The molecule has 0 aliphatic carbocycles. The predicted molar refractivity (Wildman–Crippen MR) is 95.1 cm³/mol. The van der Waals surface area contributed by atoms with Gasteiger partial charge >= 0.3 is 0 Å². The summed E-state index contributed by atoms with van der Waals surface area (Å²) in [5, 5.41) is 8.44. The maximum Gasteiger partial charge on any atom is 0.217 e. The Bertz CT molecular complexity index is 948. The Kier molecular flexibility index (Phi) is 3.83. The van der Waals surface area contributed by atoms with Crippen molar-refractivity contribution in [3.8, 4) is 0 Å². The van der Waals surface area contributed by atoms with Crippen molar-refractivity contribution in [2.75, 3.05) is 11.4 Å². The van der Waals surface area contributed by atoms with Crippen molar-refractivity contribution in [3.05, 3.63) is 47.5 Å². The minimum absolute atomic E-state index is 0.0458. The Morgan fingerprint density at radius 3 is 2.92 bits per heavy atom. The number of nitrogens with one attached hydrogen (secondary N) is 1. The van der Waals surface area contributed by atoms with E-state index < -0.39 is 0 Å². The van der Waals surface area contributed by atoms with Gasteiger partial charge in [-0.3, -0.25) is 9.48 Å². The number of aryl methyl sites for hydroxylation is 1. The van der Waals surface area contributed by atoms with Gasteiger partial charge in [0.1, 0.15) is 11.6 Å². The zero-order valence-electron chi connectivity index (χ0n) is 14.4. The van der Waals surface area contributed by atoms with Crippen LogP contribution in [0.5, 0.6) is 0 Å². The van der Waals surface area contributed by atoms with Gasteiger partial charge in [-0.2, -0.15) is 5.10 Å². The summed E-state index contributed by atoms with van der Waals surface area (Å²) in [5.41, 5.74) is 2.98. The van der Waals surface area contributed by atoms with Crippen LogP contribution in [0.1, 0.15) is 24.1 Å². The molecule has 128 valence electrons. The number of amides is 1. The number of para-hydroxylation sites is 1. The van der Waals surface area contributed by atoms with Gasteiger partial charge in [-0.05, 0) is 25.1 Å². The molecule has 1 aliphatic heterocycles. The van der Waals surface area contributed by atoms with E-state index in [0.29, 0.717) is 6.54 Å². The molecule has 0 atom stereocenters. The molecular formula is C18H20N6O. The van der Waals surface area contributed by atoms with Crippen molar-refractivity contribution < 1.29 is 4.79 Å². The summed E-state index contributed by atoms with van der Waals surface area (Å²) < 4.78 is 2.02. The number of aromatic nitrogens is 4. The smallest absolute Gasteiger partial charge is 0.217 e. The number of carbonyl (C=O) groups excluding carboxylic acids is 1. The van der Waals surface area contributed by atoms with E-state index in [2.05, 4.69) is 32.4 Å². The van der Waals surface area contributed by atoms with Crippen molar-refractivity contribution in [1.82, 2.24) is 25.1 Å². The third-order valence-electron chi connectivity index (χ3n) is 4.36. The second-order valence-electron chi connectivity index (χ2n) is 6.29. The molecule has 4 rings (SSSR count). The molecule has 0 spiro atoms. The molecule has 3 aromatic rings. The molecular weight excluding hydrogens is 316 g/mol. The Labute approximate surface area is 145 Å². The van der Waals surface area contributed by atoms with Gasteiger partial charge < -0.3 is 10.2 Å². The fraction of sp³-hybridized carbons (Fsp3) is 0.333. The summed E-state index contributed by atoms with van der Waals surface area (Å²) >= 11 is 0. The highest BCUT2D eigenvalue weighted by atomic mass is 16.1. The van der Waals surface area contributed by atoms with E-state index in [4.69, 9.17) is 4.98 Å². The molecule has 1 amide bonds. The molecule has 1 aliphatic rings. The largest absolute Gasteiger partial charge is 0.351 e. The lowest BCUT2D eigenvalue weighted by Crippen LogP contribution is -2.34. The lowest BCUT2D eigenvalue weighted by Gasteiger charge is -2.29. The van der Waals surface area contributed by atoms with E-state index in [1.807, 2.05) is 29.8 Å². The van der Waals surface area contributed by atoms with E-state index >= 15 is 0 Å². The Hall–Kier alpha value is -2.96. The average molecular weight is 336 g/mol. The van der Waals surface area contributed by atoms with E-state index in [9.17, 15) is 4.79 Å². The maximum absolute atomic E-state index is 11.1. The number of hydrogen-bond acceptors (Lipinski definition) is 5. The average Bonchev–Trinajstić information content (AvgIpc) is 3.01. The predicted octanol–water partition coefficient (Wildman–Crippen LogP) is 1.79. The summed E-state index contributed by atoms with van der Waals surface area (Å²) in [6.45, 7) is 6.29. The third-order valence-corrected chi connectivity index (χ3v) is 4.36. The summed E-state index contributed by atoms with van der Waals surface area (Å²) in [7, 11) is 0. The molecule has 0 saturated carbocycles. The topological polar surface area (TPSA) is 75.9 Å². The lowest BCUT2D eigenvalue weighted by atomic mass is 10.2. The molecule has 7 nitrogen and oxygen atoms in total. The number of anilines is 1. The van der Waals surface area contributed by atoms with Crippen molar-refractivity contribution in [3.63, 3.8) is 0 Å². The minimum atomic E-state index is -0.0458. The van der Waals surface area contributed by atoms with Crippen molar-refractivity contribution in [2.24, 2.45) is 0 Å². The van der Waals surface area contributed by atoms with Crippen LogP contribution in [0.25, 0.3) is 10.9 Å². The molecule has 7 heteroatoms. The van der Waals surface area contributed by atoms with Gasteiger partial charge in [0.15, 0.2) is 0 Å². The molecule has 0 saturated heterocycles. The van der Waals surface area contributed by atoms with E-state index in [0.717, 1.165) is 53.6 Å². The maximum atomic E-state index is 11.1. The zero-order chi connectivity index (χ0) is 17.4. The first kappa shape index (κ1) is 15.6. The van der Waals surface area contributed by atoms with E-state index in [1.165, 1.54) is 6.92 Å². The zero-order valence-corrected chi connectivity index (χ0v) is 14.4. The highest BCUT2D eigenvalue weighted by Crippen LogP contribution is 2.27. The first-order valence-corrected chi connectivity index (χ1v) is 8.38. The van der Waals surface area contributed by atoms with Gasteiger partial charge in [-0.15, -0.1) is 0 Å². The van der Waals surface area contributed by atoms with E-state index in [-0.39, 0.29) is 5.91 Å². The SMILES string of the molecule is CC(=O)NCc1cc2n(n1)CCN(c1nc(C)nc3ccccc13)C2. The van der Waals surface area contributed by atoms with Crippen LogP contribution in [0.15, 0.2) is 30.3 Å². The number of benzene rings is 1. The van der Waals surface area contributed by atoms with Gasteiger partial charge in [0.05, 0.1) is 36.5 Å². The summed E-state index contributed by atoms with van der Waals surface area (Å²) in [5.74, 6) is 1.70. The van der Waals surface area contributed by atoms with Crippen molar-refractivity contribution in [1.29, 1.82) is 0 Å². The normalized spacial score (nSPS) is 13.8. The summed E-state index contributed by atoms with van der Waals surface area (Å²) in [6, 6.07) is 10.2. The number of rotatable bonds is 3. The lowest BCUT2D eigenvalue weighted by molar-refractivity contribution is -0.119. The molecule has 25 heavy (non-hydrogen) atoms. The second-order valence-corrected chi connectivity index (χ2v) is 6.29. The molecule has 3 heterocycles.